The lowest BCUT2D eigenvalue weighted by Crippen LogP contribution is -2.36. The highest BCUT2D eigenvalue weighted by Gasteiger charge is 2.23. The number of nitrogens with two attached hydrogens (primary N) is 1. The van der Waals surface area contributed by atoms with Gasteiger partial charge in [0.15, 0.2) is 0 Å². The number of nitrogen functional groups attached to an aromatic ring is 1. The summed E-state index contributed by atoms with van der Waals surface area (Å²) in [5.41, 5.74) is 9.80. The lowest BCUT2D eigenvalue weighted by Gasteiger charge is -2.33. The Labute approximate surface area is 112 Å². The van der Waals surface area contributed by atoms with E-state index < -0.39 is 0 Å². The Morgan fingerprint density at radius 3 is 2.94 bits per heavy atom. The molecule has 1 atom stereocenters. The highest BCUT2D eigenvalue weighted by Crippen LogP contribution is 2.31. The van der Waals surface area contributed by atoms with Crippen LogP contribution in [0.2, 0.25) is 0 Å². The number of benzene rings is 1. The Bertz CT molecular complexity index is 533. The summed E-state index contributed by atoms with van der Waals surface area (Å²) in [6.07, 6.45) is 3.40. The molecule has 0 spiro atoms. The van der Waals surface area contributed by atoms with Crippen molar-refractivity contribution in [3.63, 3.8) is 0 Å². The van der Waals surface area contributed by atoms with Crippen LogP contribution in [0.3, 0.4) is 0 Å². The molecule has 1 aliphatic rings. The van der Waals surface area contributed by atoms with E-state index in [-0.39, 0.29) is 0 Å². The topological polar surface area (TPSA) is 29.3 Å². The normalized spacial score (nSPS) is 18.4. The minimum Gasteiger partial charge on any atom is -0.398 e. The van der Waals surface area contributed by atoms with E-state index >= 15 is 0 Å². The molecule has 18 heavy (non-hydrogen) atoms. The largest absolute Gasteiger partial charge is 0.398 e. The van der Waals surface area contributed by atoms with Crippen molar-refractivity contribution >= 4 is 22.0 Å². The number of rotatable bonds is 2. The molecule has 94 valence electrons. The van der Waals surface area contributed by atoms with Crippen molar-refractivity contribution in [2.24, 2.45) is 0 Å². The first-order chi connectivity index (χ1) is 8.75. The standard InChI is InChI=1S/C15H18N2S/c1-17(15-6-3-9-18-15)12-7-8-13-11(10-12)4-2-5-14(13)16/h2-6,9,12H,7-8,10,16H2,1H3. The second kappa shape index (κ2) is 4.65. The lowest BCUT2D eigenvalue weighted by atomic mass is 9.87. The third kappa shape index (κ3) is 1.99. The molecule has 2 aromatic rings. The molecule has 0 saturated heterocycles. The molecule has 1 aromatic heterocycles. The molecule has 0 fully saturated rings. The van der Waals surface area contributed by atoms with Crippen molar-refractivity contribution in [3.05, 3.63) is 46.8 Å². The van der Waals surface area contributed by atoms with Crippen molar-refractivity contribution in [2.75, 3.05) is 17.7 Å². The molecule has 0 aliphatic heterocycles. The Balaban J connectivity index is 1.83. The summed E-state index contributed by atoms with van der Waals surface area (Å²) < 4.78 is 0. The number of nitrogens with zero attached hydrogens (tertiary/aromatic N) is 1. The van der Waals surface area contributed by atoms with Gasteiger partial charge in [0, 0.05) is 18.8 Å². The van der Waals surface area contributed by atoms with Gasteiger partial charge in [0.2, 0.25) is 0 Å². The number of thiophene rings is 1. The number of hydrogen-bond donors (Lipinski definition) is 1. The van der Waals surface area contributed by atoms with E-state index in [2.05, 4.69) is 41.6 Å². The highest BCUT2D eigenvalue weighted by molar-refractivity contribution is 7.14. The predicted octanol–water partition coefficient (Wildman–Crippen LogP) is 3.32. The Hall–Kier alpha value is -1.48. The smallest absolute Gasteiger partial charge is 0.0908 e. The van der Waals surface area contributed by atoms with Gasteiger partial charge >= 0.3 is 0 Å². The zero-order valence-electron chi connectivity index (χ0n) is 10.6. The van der Waals surface area contributed by atoms with Crippen molar-refractivity contribution in [3.8, 4) is 0 Å². The molecular formula is C15H18N2S. The van der Waals surface area contributed by atoms with E-state index in [1.807, 2.05) is 17.4 Å². The molecule has 0 amide bonds. The van der Waals surface area contributed by atoms with Crippen LogP contribution in [0.1, 0.15) is 17.5 Å². The summed E-state index contributed by atoms with van der Waals surface area (Å²) >= 11 is 1.81. The van der Waals surface area contributed by atoms with E-state index in [1.54, 1.807) is 0 Å². The molecule has 1 aromatic carbocycles. The summed E-state index contributed by atoms with van der Waals surface area (Å²) in [7, 11) is 2.20. The minimum absolute atomic E-state index is 0.595. The fraction of sp³-hybridized carbons (Fsp3) is 0.333. The second-order valence-corrected chi connectivity index (χ2v) is 5.87. The van der Waals surface area contributed by atoms with Gasteiger partial charge in [0.05, 0.1) is 5.00 Å². The summed E-state index contributed by atoms with van der Waals surface area (Å²) in [5, 5.41) is 3.49. The average molecular weight is 258 g/mol. The van der Waals surface area contributed by atoms with E-state index in [0.717, 1.165) is 18.5 Å². The van der Waals surface area contributed by atoms with Crippen molar-refractivity contribution in [1.82, 2.24) is 0 Å². The number of fused-ring (bicyclic) bond motifs is 1. The van der Waals surface area contributed by atoms with Crippen molar-refractivity contribution < 1.29 is 0 Å². The van der Waals surface area contributed by atoms with E-state index in [0.29, 0.717) is 6.04 Å². The van der Waals surface area contributed by atoms with Gasteiger partial charge in [-0.25, -0.2) is 0 Å². The van der Waals surface area contributed by atoms with Crippen LogP contribution in [0, 0.1) is 0 Å². The Morgan fingerprint density at radius 1 is 1.28 bits per heavy atom. The van der Waals surface area contributed by atoms with Gasteiger partial charge in [-0.05, 0) is 54.0 Å². The molecular weight excluding hydrogens is 240 g/mol. The highest BCUT2D eigenvalue weighted by atomic mass is 32.1. The predicted molar refractivity (Wildman–Crippen MR) is 79.4 cm³/mol. The van der Waals surface area contributed by atoms with Crippen LogP contribution in [0.4, 0.5) is 10.7 Å². The summed E-state index contributed by atoms with van der Waals surface area (Å²) in [5.74, 6) is 0. The van der Waals surface area contributed by atoms with Gasteiger partial charge in [0.1, 0.15) is 0 Å². The zero-order chi connectivity index (χ0) is 12.5. The first kappa shape index (κ1) is 11.6. The number of likely N-dealkylation sites (N-methyl/N-ethyl adjacent to an activating group) is 1. The molecule has 0 radical (unpaired) electrons. The number of hydrogen-bond acceptors (Lipinski definition) is 3. The fourth-order valence-corrected chi connectivity index (χ4v) is 3.57. The quantitative estimate of drug-likeness (QED) is 0.837. The maximum Gasteiger partial charge on any atom is 0.0908 e. The van der Waals surface area contributed by atoms with Crippen LogP contribution in [-0.2, 0) is 12.8 Å². The van der Waals surface area contributed by atoms with Crippen LogP contribution in [0.25, 0.3) is 0 Å². The summed E-state index contributed by atoms with van der Waals surface area (Å²) in [4.78, 5) is 2.41. The maximum atomic E-state index is 6.05. The monoisotopic (exact) mass is 258 g/mol. The first-order valence-corrected chi connectivity index (χ1v) is 7.26. The summed E-state index contributed by atoms with van der Waals surface area (Å²) in [6, 6.07) is 11.2. The number of anilines is 2. The van der Waals surface area contributed by atoms with Crippen LogP contribution < -0.4 is 10.6 Å². The lowest BCUT2D eigenvalue weighted by molar-refractivity contribution is 0.551. The van der Waals surface area contributed by atoms with Crippen LogP contribution >= 0.6 is 11.3 Å². The average Bonchev–Trinajstić information content (AvgIpc) is 2.91. The minimum atomic E-state index is 0.595. The second-order valence-electron chi connectivity index (χ2n) is 4.94. The van der Waals surface area contributed by atoms with Gasteiger partial charge in [-0.15, -0.1) is 11.3 Å². The van der Waals surface area contributed by atoms with E-state index in [4.69, 9.17) is 5.73 Å². The molecule has 2 N–H and O–H groups in total. The van der Waals surface area contributed by atoms with Gasteiger partial charge in [-0.3, -0.25) is 0 Å². The van der Waals surface area contributed by atoms with Crippen LogP contribution in [0.15, 0.2) is 35.7 Å². The van der Waals surface area contributed by atoms with E-state index in [9.17, 15) is 0 Å². The molecule has 1 heterocycles. The van der Waals surface area contributed by atoms with Gasteiger partial charge in [0.25, 0.3) is 0 Å². The summed E-state index contributed by atoms with van der Waals surface area (Å²) in [6.45, 7) is 0. The van der Waals surface area contributed by atoms with Crippen LogP contribution in [-0.4, -0.2) is 13.1 Å². The third-order valence-electron chi connectivity index (χ3n) is 3.89. The Kier molecular flexibility index (Phi) is 3.00. The van der Waals surface area contributed by atoms with E-state index in [1.165, 1.54) is 22.5 Å². The zero-order valence-corrected chi connectivity index (χ0v) is 11.4. The third-order valence-corrected chi connectivity index (χ3v) is 4.85. The van der Waals surface area contributed by atoms with Crippen molar-refractivity contribution in [2.45, 2.75) is 25.3 Å². The maximum absolute atomic E-state index is 6.05. The van der Waals surface area contributed by atoms with Gasteiger partial charge in [-0.2, -0.15) is 0 Å². The molecule has 0 saturated carbocycles. The first-order valence-electron chi connectivity index (χ1n) is 6.38. The Morgan fingerprint density at radius 2 is 2.17 bits per heavy atom. The van der Waals surface area contributed by atoms with Gasteiger partial charge < -0.3 is 10.6 Å². The fourth-order valence-electron chi connectivity index (χ4n) is 2.80. The van der Waals surface area contributed by atoms with Gasteiger partial charge in [-0.1, -0.05) is 12.1 Å². The molecule has 1 unspecified atom stereocenters. The molecule has 0 bridgehead atoms. The molecule has 3 heteroatoms. The SMILES string of the molecule is CN(c1cccs1)C1CCc2c(N)cccc2C1. The van der Waals surface area contributed by atoms with Crippen LogP contribution in [0.5, 0.6) is 0 Å². The molecule has 2 nitrogen and oxygen atoms in total. The molecule has 3 rings (SSSR count). The molecule has 1 aliphatic carbocycles. The van der Waals surface area contributed by atoms with Crippen molar-refractivity contribution in [1.29, 1.82) is 0 Å².